The van der Waals surface area contributed by atoms with Crippen molar-refractivity contribution in [2.75, 3.05) is 37.7 Å². The summed E-state index contributed by atoms with van der Waals surface area (Å²) >= 11 is 6.37. The number of aliphatic hydroxyl groups excluding tert-OH is 1. The standard InChI is InChI=1S/C32H38ClN3O6S/c1-21(37)17-36-14-3-2-6-29(38)26-10-7-24(26)18-35-19-32(13-4-5-22-15-25(33)9-11-27(22)32)20-42-30-12-8-23(16-28(30)35)31(39)34-43(36,40)41/h2,6,8-9,11-12,15-16,24,26,29,38H,3-5,7,10,13-14,17-20H2,1H3,(H,34,39)/b6-2+/t24-,26+,29-,32-/m0/s1. The Morgan fingerprint density at radius 1 is 1.21 bits per heavy atom. The number of nitrogens with zero attached hydrogens (tertiary/aromatic N) is 2. The van der Waals surface area contributed by atoms with Crippen molar-refractivity contribution in [3.8, 4) is 5.75 Å². The van der Waals surface area contributed by atoms with Crippen LogP contribution in [0.1, 0.15) is 60.5 Å². The Labute approximate surface area is 258 Å². The molecule has 0 unspecified atom stereocenters. The number of aliphatic hydroxyl groups is 1. The summed E-state index contributed by atoms with van der Waals surface area (Å²) in [5.74, 6) is -0.183. The predicted molar refractivity (Wildman–Crippen MR) is 165 cm³/mol. The third-order valence-electron chi connectivity index (χ3n) is 9.51. The van der Waals surface area contributed by atoms with Gasteiger partial charge < -0.3 is 14.7 Å². The minimum atomic E-state index is -4.31. The van der Waals surface area contributed by atoms with Gasteiger partial charge in [0.1, 0.15) is 11.5 Å². The van der Waals surface area contributed by atoms with E-state index in [2.05, 4.69) is 15.7 Å². The van der Waals surface area contributed by atoms with Gasteiger partial charge >= 0.3 is 10.2 Å². The van der Waals surface area contributed by atoms with Crippen molar-refractivity contribution >= 4 is 39.2 Å². The van der Waals surface area contributed by atoms with Crippen LogP contribution >= 0.6 is 11.6 Å². The van der Waals surface area contributed by atoms with Gasteiger partial charge in [-0.05, 0) is 98.7 Å². The van der Waals surface area contributed by atoms with Gasteiger partial charge in [-0.1, -0.05) is 29.8 Å². The van der Waals surface area contributed by atoms with Crippen molar-refractivity contribution in [3.63, 3.8) is 0 Å². The van der Waals surface area contributed by atoms with Crippen LogP contribution in [0, 0.1) is 11.8 Å². The zero-order valence-electron chi connectivity index (χ0n) is 24.3. The van der Waals surface area contributed by atoms with Crippen molar-refractivity contribution in [1.82, 2.24) is 9.03 Å². The molecule has 0 saturated heterocycles. The van der Waals surface area contributed by atoms with Crippen LogP contribution in [-0.4, -0.2) is 68.4 Å². The third-order valence-corrected chi connectivity index (χ3v) is 11.2. The molecule has 2 N–H and O–H groups in total. The summed E-state index contributed by atoms with van der Waals surface area (Å²) in [5, 5.41) is 11.8. The number of carbonyl (C=O) groups excluding carboxylic acids is 2. The predicted octanol–water partition coefficient (Wildman–Crippen LogP) is 4.03. The number of hydrogen-bond acceptors (Lipinski definition) is 7. The first kappa shape index (κ1) is 30.1. The van der Waals surface area contributed by atoms with E-state index in [9.17, 15) is 23.1 Å². The van der Waals surface area contributed by atoms with Gasteiger partial charge in [-0.25, -0.2) is 4.72 Å². The molecule has 1 spiro atoms. The van der Waals surface area contributed by atoms with Gasteiger partial charge in [-0.2, -0.15) is 12.7 Å². The molecule has 4 atom stereocenters. The first-order valence-electron chi connectivity index (χ1n) is 15.0. The number of fused-ring (bicyclic) bond motifs is 4. The van der Waals surface area contributed by atoms with Crippen LogP contribution in [-0.2, 0) is 26.8 Å². The van der Waals surface area contributed by atoms with E-state index in [0.717, 1.165) is 42.1 Å². The molecule has 2 aromatic rings. The first-order chi connectivity index (χ1) is 20.5. The Morgan fingerprint density at radius 3 is 2.81 bits per heavy atom. The highest BCUT2D eigenvalue weighted by Crippen LogP contribution is 2.46. The summed E-state index contributed by atoms with van der Waals surface area (Å²) in [4.78, 5) is 27.5. The number of ether oxygens (including phenoxy) is 1. The van der Waals surface area contributed by atoms with E-state index in [-0.39, 0.29) is 41.7 Å². The highest BCUT2D eigenvalue weighted by atomic mass is 35.5. The normalized spacial score (nSPS) is 29.7. The van der Waals surface area contributed by atoms with Crippen LogP contribution in [0.4, 0.5) is 5.69 Å². The average Bonchev–Trinajstić information content (AvgIpc) is 3.08. The fourth-order valence-electron chi connectivity index (χ4n) is 7.18. The number of amides is 1. The summed E-state index contributed by atoms with van der Waals surface area (Å²) in [7, 11) is -4.31. The van der Waals surface area contributed by atoms with Gasteiger partial charge in [0, 0.05) is 35.6 Å². The molecule has 230 valence electrons. The van der Waals surface area contributed by atoms with Gasteiger partial charge in [0.2, 0.25) is 0 Å². The first-order valence-corrected chi connectivity index (χ1v) is 16.8. The zero-order chi connectivity index (χ0) is 30.4. The molecule has 2 heterocycles. The number of nitrogens with one attached hydrogen (secondary N) is 1. The van der Waals surface area contributed by atoms with Crippen LogP contribution in [0.2, 0.25) is 5.02 Å². The molecule has 43 heavy (non-hydrogen) atoms. The lowest BCUT2D eigenvalue weighted by atomic mass is 9.68. The molecule has 0 radical (unpaired) electrons. The molecule has 4 aliphatic rings. The lowest BCUT2D eigenvalue weighted by molar-refractivity contribution is -0.117. The molecule has 1 amide bonds. The quantitative estimate of drug-likeness (QED) is 0.483. The van der Waals surface area contributed by atoms with Crippen molar-refractivity contribution in [2.45, 2.75) is 57.0 Å². The number of hydrogen-bond donors (Lipinski definition) is 2. The number of carbonyl (C=O) groups is 2. The van der Waals surface area contributed by atoms with Crippen molar-refractivity contribution in [2.24, 2.45) is 11.8 Å². The van der Waals surface area contributed by atoms with Gasteiger partial charge in [0.15, 0.2) is 0 Å². The van der Waals surface area contributed by atoms with Gasteiger partial charge in [0.25, 0.3) is 5.91 Å². The van der Waals surface area contributed by atoms with Gasteiger partial charge in [-0.3, -0.25) is 9.59 Å². The largest absolute Gasteiger partial charge is 0.490 e. The van der Waals surface area contributed by atoms with E-state index in [4.69, 9.17) is 16.3 Å². The molecule has 2 aromatic carbocycles. The van der Waals surface area contributed by atoms with E-state index in [0.29, 0.717) is 36.9 Å². The van der Waals surface area contributed by atoms with Crippen LogP contribution < -0.4 is 14.4 Å². The second-order valence-electron chi connectivity index (χ2n) is 12.5. The fraction of sp³-hybridized carbons (Fsp3) is 0.500. The highest BCUT2D eigenvalue weighted by molar-refractivity contribution is 7.87. The van der Waals surface area contributed by atoms with Gasteiger partial charge in [-0.15, -0.1) is 0 Å². The molecule has 6 rings (SSSR count). The smallest absolute Gasteiger partial charge is 0.304 e. The summed E-state index contributed by atoms with van der Waals surface area (Å²) < 4.78 is 36.1. The van der Waals surface area contributed by atoms with Crippen molar-refractivity contribution in [1.29, 1.82) is 0 Å². The second-order valence-corrected chi connectivity index (χ2v) is 14.6. The molecule has 0 aromatic heterocycles. The maximum Gasteiger partial charge on any atom is 0.304 e. The topological polar surface area (TPSA) is 116 Å². The number of rotatable bonds is 2. The summed E-state index contributed by atoms with van der Waals surface area (Å²) in [6, 6.07) is 11.1. The Morgan fingerprint density at radius 2 is 2.05 bits per heavy atom. The minimum absolute atomic E-state index is 0.0000824. The maximum atomic E-state index is 13.4. The number of Topliss-reactive ketones (excluding diaryl/α,β-unsaturated/α-hetero) is 1. The molecule has 2 aliphatic heterocycles. The van der Waals surface area contributed by atoms with Crippen molar-refractivity contribution in [3.05, 3.63) is 70.3 Å². The molecule has 9 nitrogen and oxygen atoms in total. The number of aryl methyl sites for hydroxylation is 1. The average molecular weight is 628 g/mol. The fourth-order valence-corrected chi connectivity index (χ4v) is 8.55. The van der Waals surface area contributed by atoms with Crippen LogP contribution in [0.25, 0.3) is 0 Å². The van der Waals surface area contributed by atoms with Crippen molar-refractivity contribution < 1.29 is 27.9 Å². The van der Waals surface area contributed by atoms with Gasteiger partial charge in [0.05, 0.1) is 24.9 Å². The minimum Gasteiger partial charge on any atom is -0.490 e. The van der Waals surface area contributed by atoms with E-state index in [1.165, 1.54) is 18.1 Å². The Balaban J connectivity index is 1.41. The SMILES string of the molecule is CC(=O)CN1CC/C=C/[C@H](O)[C@@H]2CC[C@H]2CN2C[C@@]3(CCCc4cc(Cl)ccc43)COc3ccc(cc32)C(=O)NS1(=O)=O. The van der Waals surface area contributed by atoms with E-state index < -0.39 is 22.2 Å². The van der Waals surface area contributed by atoms with E-state index in [1.807, 2.05) is 12.1 Å². The molecule has 2 aliphatic carbocycles. The number of halogens is 1. The molecule has 1 saturated carbocycles. The van der Waals surface area contributed by atoms with Crippen LogP contribution in [0.15, 0.2) is 48.6 Å². The number of benzene rings is 2. The third kappa shape index (κ3) is 6.07. The van der Waals surface area contributed by atoms with Crippen LogP contribution in [0.3, 0.4) is 0 Å². The lowest BCUT2D eigenvalue weighted by Crippen LogP contribution is -2.49. The Bertz CT molecular complexity index is 1560. The molecule has 1 fully saturated rings. The monoisotopic (exact) mass is 627 g/mol. The Hall–Kier alpha value is -2.92. The summed E-state index contributed by atoms with van der Waals surface area (Å²) in [5.41, 5.74) is 3.07. The number of anilines is 1. The molecule has 2 bridgehead atoms. The second kappa shape index (κ2) is 11.9. The summed E-state index contributed by atoms with van der Waals surface area (Å²) in [6.45, 7) is 2.74. The maximum absolute atomic E-state index is 13.4. The van der Waals surface area contributed by atoms with E-state index in [1.54, 1.807) is 30.4 Å². The molecular weight excluding hydrogens is 590 g/mol. The number of ketones is 1. The lowest BCUT2D eigenvalue weighted by Gasteiger charge is -2.45. The van der Waals surface area contributed by atoms with E-state index >= 15 is 0 Å². The highest BCUT2D eigenvalue weighted by Gasteiger charge is 2.44. The Kier molecular flexibility index (Phi) is 8.32. The zero-order valence-corrected chi connectivity index (χ0v) is 25.9. The summed E-state index contributed by atoms with van der Waals surface area (Å²) in [6.07, 6.45) is 7.89. The molecule has 11 heteroatoms. The van der Waals surface area contributed by atoms with Crippen LogP contribution in [0.5, 0.6) is 5.75 Å². The molecular formula is C32H38ClN3O6S.